The molecule has 0 amide bonds. The Bertz CT molecular complexity index is 387. The van der Waals surface area contributed by atoms with Crippen LogP contribution in [-0.4, -0.2) is 48.9 Å². The molecular formula is C12H16F6O4. The highest BCUT2D eigenvalue weighted by Crippen LogP contribution is 2.46. The van der Waals surface area contributed by atoms with Gasteiger partial charge in [0.2, 0.25) is 0 Å². The standard InChI is InChI=1S/C12H16F6O4/c1-7(2)9(19)22-8(6-21-3)4-5-10(20,11(13,14)15)12(16,17)18/h8,20H,1,4-6H2,2-3H3. The number of halogens is 6. The van der Waals surface area contributed by atoms with Crippen molar-refractivity contribution in [1.29, 1.82) is 0 Å². The number of hydrogen-bond donors (Lipinski definition) is 1. The summed E-state index contributed by atoms with van der Waals surface area (Å²) < 4.78 is 84.3. The van der Waals surface area contributed by atoms with Crippen molar-refractivity contribution in [2.45, 2.75) is 43.8 Å². The molecular weight excluding hydrogens is 322 g/mol. The van der Waals surface area contributed by atoms with Gasteiger partial charge in [0.1, 0.15) is 6.10 Å². The number of esters is 1. The van der Waals surface area contributed by atoms with Crippen LogP contribution in [0.4, 0.5) is 26.3 Å². The van der Waals surface area contributed by atoms with Gasteiger partial charge in [-0.15, -0.1) is 0 Å². The van der Waals surface area contributed by atoms with Crippen molar-refractivity contribution in [3.63, 3.8) is 0 Å². The molecule has 0 aromatic carbocycles. The second-order valence-electron chi connectivity index (χ2n) is 4.66. The molecule has 0 radical (unpaired) electrons. The monoisotopic (exact) mass is 338 g/mol. The molecule has 0 aliphatic heterocycles. The predicted molar refractivity (Wildman–Crippen MR) is 62.9 cm³/mol. The maximum absolute atomic E-state index is 12.5. The molecule has 0 spiro atoms. The van der Waals surface area contributed by atoms with E-state index in [0.29, 0.717) is 0 Å². The average Bonchev–Trinajstić information content (AvgIpc) is 2.32. The van der Waals surface area contributed by atoms with Crippen molar-refractivity contribution in [1.82, 2.24) is 0 Å². The molecule has 0 saturated heterocycles. The van der Waals surface area contributed by atoms with Crippen molar-refractivity contribution < 1.29 is 45.7 Å². The van der Waals surface area contributed by atoms with Crippen molar-refractivity contribution in [3.8, 4) is 0 Å². The Balaban J connectivity index is 5.07. The lowest BCUT2D eigenvalue weighted by molar-refractivity contribution is -0.370. The van der Waals surface area contributed by atoms with E-state index >= 15 is 0 Å². The number of hydrogen-bond acceptors (Lipinski definition) is 4. The number of aliphatic hydroxyl groups is 1. The highest BCUT2D eigenvalue weighted by molar-refractivity contribution is 5.87. The second-order valence-corrected chi connectivity index (χ2v) is 4.66. The number of ether oxygens (including phenoxy) is 2. The van der Waals surface area contributed by atoms with Crippen LogP contribution in [0.25, 0.3) is 0 Å². The van der Waals surface area contributed by atoms with E-state index in [-0.39, 0.29) is 5.57 Å². The minimum absolute atomic E-state index is 0.0805. The molecule has 130 valence electrons. The van der Waals surface area contributed by atoms with Crippen molar-refractivity contribution in [2.24, 2.45) is 0 Å². The third-order valence-corrected chi connectivity index (χ3v) is 2.74. The molecule has 0 heterocycles. The van der Waals surface area contributed by atoms with E-state index in [1.54, 1.807) is 0 Å². The molecule has 22 heavy (non-hydrogen) atoms. The first-order chi connectivity index (χ1) is 9.76. The van der Waals surface area contributed by atoms with Crippen LogP contribution < -0.4 is 0 Å². The van der Waals surface area contributed by atoms with Crippen molar-refractivity contribution in [2.75, 3.05) is 13.7 Å². The normalized spacial score (nSPS) is 14.6. The zero-order valence-corrected chi connectivity index (χ0v) is 11.8. The lowest BCUT2D eigenvalue weighted by Crippen LogP contribution is -2.57. The summed E-state index contributed by atoms with van der Waals surface area (Å²) in [5.74, 6) is -0.982. The van der Waals surface area contributed by atoms with E-state index in [0.717, 1.165) is 7.11 Å². The van der Waals surface area contributed by atoms with E-state index in [1.165, 1.54) is 6.92 Å². The van der Waals surface area contributed by atoms with Crippen LogP contribution in [-0.2, 0) is 14.3 Å². The highest BCUT2D eigenvalue weighted by Gasteiger charge is 2.69. The summed E-state index contributed by atoms with van der Waals surface area (Å²) >= 11 is 0. The number of alkyl halides is 6. The first kappa shape index (κ1) is 20.7. The Morgan fingerprint density at radius 2 is 1.64 bits per heavy atom. The van der Waals surface area contributed by atoms with Gasteiger partial charge in [-0.3, -0.25) is 0 Å². The van der Waals surface area contributed by atoms with Gasteiger partial charge >= 0.3 is 18.3 Å². The molecule has 0 aliphatic rings. The summed E-state index contributed by atoms with van der Waals surface area (Å²) in [5, 5.41) is 9.00. The number of methoxy groups -OCH3 is 1. The fraction of sp³-hybridized carbons (Fsp3) is 0.750. The highest BCUT2D eigenvalue weighted by atomic mass is 19.4. The molecule has 0 saturated carbocycles. The zero-order valence-electron chi connectivity index (χ0n) is 11.8. The summed E-state index contributed by atoms with van der Waals surface area (Å²) in [5.41, 5.74) is -4.97. The first-order valence-corrected chi connectivity index (χ1v) is 5.97. The maximum Gasteiger partial charge on any atom is 0.426 e. The van der Waals surface area contributed by atoms with Crippen LogP contribution in [0, 0.1) is 0 Å². The summed E-state index contributed by atoms with van der Waals surface area (Å²) in [6.45, 7) is 4.06. The molecule has 1 unspecified atom stereocenters. The average molecular weight is 338 g/mol. The first-order valence-electron chi connectivity index (χ1n) is 5.97. The topological polar surface area (TPSA) is 55.8 Å². The minimum atomic E-state index is -5.92. The molecule has 4 nitrogen and oxygen atoms in total. The third kappa shape index (κ3) is 5.16. The van der Waals surface area contributed by atoms with E-state index in [9.17, 15) is 31.1 Å². The van der Waals surface area contributed by atoms with Gasteiger partial charge < -0.3 is 14.6 Å². The Hall–Kier alpha value is -1.29. The fourth-order valence-electron chi connectivity index (χ4n) is 1.43. The van der Waals surface area contributed by atoms with E-state index < -0.39 is 49.5 Å². The van der Waals surface area contributed by atoms with E-state index in [2.05, 4.69) is 16.1 Å². The SMILES string of the molecule is C=C(C)C(=O)OC(CCC(O)(C(F)(F)F)C(F)(F)F)COC. The number of carbonyl (C=O) groups is 1. The third-order valence-electron chi connectivity index (χ3n) is 2.74. The smallest absolute Gasteiger partial charge is 0.426 e. The summed E-state index contributed by atoms with van der Waals surface area (Å²) in [6.07, 6.45) is -15.8. The molecule has 0 aromatic rings. The van der Waals surface area contributed by atoms with Gasteiger partial charge in [0.05, 0.1) is 6.61 Å². The van der Waals surface area contributed by atoms with Gasteiger partial charge in [-0.05, 0) is 19.8 Å². The van der Waals surface area contributed by atoms with Gasteiger partial charge in [-0.1, -0.05) is 6.58 Å². The van der Waals surface area contributed by atoms with Crippen LogP contribution in [0.1, 0.15) is 19.8 Å². The van der Waals surface area contributed by atoms with Crippen molar-refractivity contribution in [3.05, 3.63) is 12.2 Å². The molecule has 0 aliphatic carbocycles. The summed E-state index contributed by atoms with van der Waals surface area (Å²) in [4.78, 5) is 11.3. The van der Waals surface area contributed by atoms with Gasteiger partial charge in [0, 0.05) is 12.7 Å². The van der Waals surface area contributed by atoms with Gasteiger partial charge in [0.25, 0.3) is 5.60 Å². The van der Waals surface area contributed by atoms with Gasteiger partial charge in [-0.2, -0.15) is 26.3 Å². The molecule has 0 bridgehead atoms. The Morgan fingerprint density at radius 3 is 1.95 bits per heavy atom. The molecule has 0 rings (SSSR count). The summed E-state index contributed by atoms with van der Waals surface area (Å²) in [7, 11) is 1.13. The Labute approximate surface area is 122 Å². The Morgan fingerprint density at radius 1 is 1.18 bits per heavy atom. The van der Waals surface area contributed by atoms with E-state index in [1.807, 2.05) is 0 Å². The van der Waals surface area contributed by atoms with Crippen LogP contribution in [0.5, 0.6) is 0 Å². The number of carbonyl (C=O) groups excluding carboxylic acids is 1. The molecule has 0 aromatic heterocycles. The van der Waals surface area contributed by atoms with Gasteiger partial charge in [0.15, 0.2) is 0 Å². The molecule has 10 heteroatoms. The van der Waals surface area contributed by atoms with Crippen LogP contribution in [0.15, 0.2) is 12.2 Å². The lowest BCUT2D eigenvalue weighted by Gasteiger charge is -2.33. The predicted octanol–water partition coefficient (Wildman–Crippen LogP) is 2.76. The second kappa shape index (κ2) is 7.32. The van der Waals surface area contributed by atoms with Crippen molar-refractivity contribution >= 4 is 5.97 Å². The molecule has 1 atom stereocenters. The molecule has 1 N–H and O–H groups in total. The maximum atomic E-state index is 12.5. The number of rotatable bonds is 7. The Kier molecular flexibility index (Phi) is 6.89. The van der Waals surface area contributed by atoms with E-state index in [4.69, 9.17) is 5.11 Å². The van der Waals surface area contributed by atoms with Gasteiger partial charge in [-0.25, -0.2) is 4.79 Å². The van der Waals surface area contributed by atoms with Crippen LogP contribution in [0.3, 0.4) is 0 Å². The molecule has 0 fully saturated rings. The lowest BCUT2D eigenvalue weighted by atomic mass is 9.94. The minimum Gasteiger partial charge on any atom is -0.457 e. The zero-order chi connectivity index (χ0) is 17.8. The van der Waals surface area contributed by atoms with Crippen LogP contribution >= 0.6 is 0 Å². The van der Waals surface area contributed by atoms with Crippen LogP contribution in [0.2, 0.25) is 0 Å². The fourth-order valence-corrected chi connectivity index (χ4v) is 1.43. The largest absolute Gasteiger partial charge is 0.457 e. The summed E-state index contributed by atoms with van der Waals surface area (Å²) in [6, 6.07) is 0. The quantitative estimate of drug-likeness (QED) is 0.441.